The maximum atomic E-state index is 15.1. The predicted molar refractivity (Wildman–Crippen MR) is 197 cm³/mol. The average Bonchev–Trinajstić information content (AvgIpc) is 3.90. The molecule has 4 heterocycles. The number of carbonyl (C=O) groups excluding carboxylic acids is 2. The number of fused-ring (bicyclic) bond motifs is 2. The zero-order valence-corrected chi connectivity index (χ0v) is 30.9. The van der Waals surface area contributed by atoms with Gasteiger partial charge in [-0.3, -0.25) is 24.4 Å². The van der Waals surface area contributed by atoms with Crippen molar-refractivity contribution in [1.29, 1.82) is 0 Å². The van der Waals surface area contributed by atoms with E-state index < -0.39 is 24.7 Å². The van der Waals surface area contributed by atoms with Gasteiger partial charge in [0.25, 0.3) is 11.6 Å². The van der Waals surface area contributed by atoms with Crippen LogP contribution < -0.4 is 19.7 Å². The fraction of sp³-hybridized carbons (Fsp3) is 0.421. The monoisotopic (exact) mass is 724 g/mol. The smallest absolute Gasteiger partial charge is 0.269 e. The summed E-state index contributed by atoms with van der Waals surface area (Å²) in [6, 6.07) is 20.4. The number of nitro groups is 1. The summed E-state index contributed by atoms with van der Waals surface area (Å²) in [5, 5.41) is 31.2. The number of nitrogens with zero attached hydrogens (tertiary/aromatic N) is 6. The van der Waals surface area contributed by atoms with Gasteiger partial charge in [0, 0.05) is 68.0 Å². The normalized spacial score (nSPS) is 22.8. The number of carbonyl (C=O) groups is 2. The minimum absolute atomic E-state index is 0.0272. The van der Waals surface area contributed by atoms with Gasteiger partial charge in [0.2, 0.25) is 5.91 Å². The molecular formula is C38H44N6O7Si. The van der Waals surface area contributed by atoms with E-state index in [9.17, 15) is 20.0 Å². The van der Waals surface area contributed by atoms with E-state index in [4.69, 9.17) is 9.47 Å². The molecule has 13 nitrogen and oxygen atoms in total. The Labute approximate surface area is 303 Å². The van der Waals surface area contributed by atoms with E-state index in [1.165, 1.54) is 17.3 Å². The Kier molecular flexibility index (Phi) is 9.48. The third-order valence-corrected chi connectivity index (χ3v) is 15.6. The number of ether oxygens (including phenoxy) is 2. The molecule has 0 aliphatic carbocycles. The molecule has 1 spiro atoms. The van der Waals surface area contributed by atoms with Crippen molar-refractivity contribution >= 4 is 42.1 Å². The molecule has 0 bridgehead atoms. The van der Waals surface area contributed by atoms with E-state index in [0.717, 1.165) is 23.4 Å². The lowest BCUT2D eigenvalue weighted by Crippen LogP contribution is -2.51. The molecule has 1 aromatic heterocycles. The van der Waals surface area contributed by atoms with Crippen LogP contribution in [-0.4, -0.2) is 71.3 Å². The number of rotatable bonds is 12. The first-order chi connectivity index (χ1) is 25.0. The summed E-state index contributed by atoms with van der Waals surface area (Å²) >= 11 is 0. The van der Waals surface area contributed by atoms with Gasteiger partial charge in [-0.25, -0.2) is 0 Å². The molecule has 0 saturated carbocycles. The number of hydrogen-bond acceptors (Lipinski definition) is 9. The quantitative estimate of drug-likeness (QED) is 0.124. The molecule has 7 rings (SSSR count). The molecule has 3 aromatic carbocycles. The van der Waals surface area contributed by atoms with Crippen molar-refractivity contribution in [3.8, 4) is 5.75 Å². The number of hydrogen-bond donors (Lipinski definition) is 1. The molecule has 4 aromatic rings. The van der Waals surface area contributed by atoms with E-state index in [1.807, 2.05) is 42.6 Å². The second kappa shape index (κ2) is 13.9. The van der Waals surface area contributed by atoms with Gasteiger partial charge in [-0.05, 0) is 54.3 Å². The van der Waals surface area contributed by atoms with Crippen LogP contribution in [0.1, 0.15) is 43.0 Å². The number of methoxy groups -OCH3 is 1. The second-order valence-electron chi connectivity index (χ2n) is 14.6. The maximum Gasteiger partial charge on any atom is 0.269 e. The highest BCUT2D eigenvalue weighted by Gasteiger charge is 2.66. The number of benzene rings is 3. The third kappa shape index (κ3) is 6.07. The maximum absolute atomic E-state index is 15.1. The van der Waals surface area contributed by atoms with Crippen molar-refractivity contribution < 1.29 is 29.1 Å². The first kappa shape index (κ1) is 35.5. The Bertz CT molecular complexity index is 1980. The highest BCUT2D eigenvalue weighted by molar-refractivity contribution is 6.91. The van der Waals surface area contributed by atoms with Crippen LogP contribution in [0.5, 0.6) is 5.75 Å². The lowest BCUT2D eigenvalue weighted by molar-refractivity contribution is -0.385. The zero-order chi connectivity index (χ0) is 36.8. The molecule has 272 valence electrons. The van der Waals surface area contributed by atoms with Crippen LogP contribution in [0.2, 0.25) is 18.6 Å². The zero-order valence-electron chi connectivity index (χ0n) is 29.9. The number of aliphatic hydroxyl groups is 1. The molecule has 52 heavy (non-hydrogen) atoms. The molecule has 2 saturated heterocycles. The van der Waals surface area contributed by atoms with Crippen molar-refractivity contribution in [1.82, 2.24) is 15.0 Å². The van der Waals surface area contributed by atoms with Crippen LogP contribution >= 0.6 is 0 Å². The van der Waals surface area contributed by atoms with E-state index >= 15 is 4.79 Å². The molecular weight excluding hydrogens is 681 g/mol. The van der Waals surface area contributed by atoms with Crippen LogP contribution in [0.15, 0.2) is 72.9 Å². The second-order valence-corrected chi connectivity index (χ2v) is 19.2. The van der Waals surface area contributed by atoms with Crippen LogP contribution in [0.25, 0.3) is 0 Å². The number of aromatic nitrogens is 3. The molecule has 4 atom stereocenters. The largest absolute Gasteiger partial charge is 0.497 e. The number of anilines is 2. The van der Waals surface area contributed by atoms with Crippen molar-refractivity contribution in [3.05, 3.63) is 99.9 Å². The summed E-state index contributed by atoms with van der Waals surface area (Å²) in [7, 11) is -0.814. The molecule has 1 N–H and O–H groups in total. The third-order valence-electron chi connectivity index (χ3n) is 11.3. The summed E-state index contributed by atoms with van der Waals surface area (Å²) < 4.78 is 14.3. The summed E-state index contributed by atoms with van der Waals surface area (Å²) in [5.41, 5.74) is 1.84. The minimum Gasteiger partial charge on any atom is -0.497 e. The van der Waals surface area contributed by atoms with Gasteiger partial charge in [-0.15, -0.1) is 5.10 Å². The Balaban J connectivity index is 1.28. The molecule has 2 amide bonds. The topological polar surface area (TPSA) is 153 Å². The number of non-ortho nitro benzene ring substituents is 1. The highest BCUT2D eigenvalue weighted by Crippen LogP contribution is 2.60. The van der Waals surface area contributed by atoms with Crippen LogP contribution in [0.3, 0.4) is 0 Å². The number of amides is 2. The summed E-state index contributed by atoms with van der Waals surface area (Å²) in [5.74, 6) is 0.271. The van der Waals surface area contributed by atoms with Gasteiger partial charge in [-0.1, -0.05) is 54.7 Å². The Hall–Kier alpha value is -4.92. The van der Waals surface area contributed by atoms with Gasteiger partial charge < -0.3 is 24.4 Å². The van der Waals surface area contributed by atoms with Crippen molar-refractivity contribution in [2.75, 3.05) is 30.1 Å². The molecule has 3 aliphatic rings. The number of nitro benzene ring substituents is 1. The van der Waals surface area contributed by atoms with Gasteiger partial charge in [0.1, 0.15) is 5.75 Å². The number of aryl methyl sites for hydroxylation is 1. The SMILES string of the molecule is COc1ccc([Si](C)(C)[C@H]2[C@H](CCn3cc(CCO)nn3)O[C@@]3(C(=O)N(Cc4ccc(N5CCCC5=O)cc4)c4ccc([N+](=O)[O-])cc43)[C@@H]2C)cc1. The van der Waals surface area contributed by atoms with E-state index in [2.05, 4.69) is 42.5 Å². The van der Waals surface area contributed by atoms with Crippen molar-refractivity contribution in [2.45, 2.75) is 76.0 Å². The van der Waals surface area contributed by atoms with E-state index in [0.29, 0.717) is 49.3 Å². The van der Waals surface area contributed by atoms with Gasteiger partial charge in [0.15, 0.2) is 5.60 Å². The van der Waals surface area contributed by atoms with Crippen LogP contribution in [0, 0.1) is 16.0 Å². The predicted octanol–water partition coefficient (Wildman–Crippen LogP) is 4.71. The van der Waals surface area contributed by atoms with E-state index in [1.54, 1.807) is 27.7 Å². The molecule has 3 aliphatic heterocycles. The summed E-state index contributed by atoms with van der Waals surface area (Å²) in [4.78, 5) is 42.7. The molecule has 0 unspecified atom stereocenters. The summed E-state index contributed by atoms with van der Waals surface area (Å²) in [6.45, 7) is 8.00. The lowest BCUT2D eigenvalue weighted by Gasteiger charge is -2.37. The first-order valence-corrected chi connectivity index (χ1v) is 20.9. The molecule has 14 heteroatoms. The van der Waals surface area contributed by atoms with Crippen LogP contribution in [0.4, 0.5) is 17.1 Å². The number of aliphatic hydroxyl groups excluding tert-OH is 1. The average molecular weight is 725 g/mol. The lowest BCUT2D eigenvalue weighted by atomic mass is 9.82. The first-order valence-electron chi connectivity index (χ1n) is 17.8. The van der Waals surface area contributed by atoms with Crippen LogP contribution in [-0.2, 0) is 39.4 Å². The standard InChI is InChI=1S/C38H44N6O7Si/c1-25-36(52(3,4)31-14-12-30(50-2)13-15-31)34(17-20-41-24-27(18-21-45)39-40-41)51-38(25)32-22-29(44(48)49)11-16-33(32)43(37(38)47)23-26-7-9-28(10-8-26)42-19-5-6-35(42)46/h7-16,22,24-25,34,36,45H,5-6,17-21,23H2,1-4H3/t25-,34+,36-,38+/m1/s1. The Morgan fingerprint density at radius 3 is 2.50 bits per heavy atom. The van der Waals surface area contributed by atoms with Gasteiger partial charge in [-0.2, -0.15) is 0 Å². The van der Waals surface area contributed by atoms with E-state index in [-0.39, 0.29) is 42.1 Å². The Morgan fingerprint density at radius 2 is 1.85 bits per heavy atom. The Morgan fingerprint density at radius 1 is 1.10 bits per heavy atom. The highest BCUT2D eigenvalue weighted by atomic mass is 28.3. The van der Waals surface area contributed by atoms with Crippen molar-refractivity contribution in [3.63, 3.8) is 0 Å². The van der Waals surface area contributed by atoms with Crippen molar-refractivity contribution in [2.24, 2.45) is 5.92 Å². The molecule has 2 fully saturated rings. The fourth-order valence-corrected chi connectivity index (χ4v) is 12.7. The fourth-order valence-electron chi connectivity index (χ4n) is 8.66. The summed E-state index contributed by atoms with van der Waals surface area (Å²) in [6.07, 6.45) is 3.72. The molecule has 0 radical (unpaired) electrons. The minimum atomic E-state index is -2.45. The van der Waals surface area contributed by atoms with Gasteiger partial charge in [0.05, 0.1) is 44.1 Å². The van der Waals surface area contributed by atoms with Gasteiger partial charge >= 0.3 is 0 Å².